The molecule has 0 unspecified atom stereocenters. The fourth-order valence-corrected chi connectivity index (χ4v) is 2.84. The van der Waals surface area contributed by atoms with Gasteiger partial charge in [-0.25, -0.2) is 4.98 Å². The molecule has 1 aromatic carbocycles. The van der Waals surface area contributed by atoms with Crippen LogP contribution in [0.15, 0.2) is 48.7 Å². The number of anilines is 2. The minimum absolute atomic E-state index is 0.0227. The molecule has 3 N–H and O–H groups in total. The van der Waals surface area contributed by atoms with E-state index in [0.717, 1.165) is 38.5 Å². The van der Waals surface area contributed by atoms with Crippen molar-refractivity contribution in [3.05, 3.63) is 54.2 Å². The lowest BCUT2D eigenvalue weighted by Gasteiger charge is -2.35. The Hall–Kier alpha value is -2.44. The first-order valence-electron chi connectivity index (χ1n) is 8.22. The second kappa shape index (κ2) is 7.90. The molecular formula is C18H23N5O. The van der Waals surface area contributed by atoms with E-state index in [0.29, 0.717) is 5.69 Å². The standard InChI is InChI=1S/C18H23N5O/c19-12-18(24)21-16-6-7-17(20-13-16)23-10-8-22(9-11-23)14-15-4-2-1-3-5-15/h1-7,13H,8-12,14,19H2,(H,21,24). The summed E-state index contributed by atoms with van der Waals surface area (Å²) in [5, 5.41) is 2.70. The number of benzene rings is 1. The Kier molecular flexibility index (Phi) is 5.40. The second-order valence-corrected chi connectivity index (χ2v) is 5.91. The molecule has 24 heavy (non-hydrogen) atoms. The molecule has 0 aliphatic carbocycles. The summed E-state index contributed by atoms with van der Waals surface area (Å²) in [5.41, 5.74) is 7.32. The SMILES string of the molecule is NCC(=O)Nc1ccc(N2CCN(Cc3ccccc3)CC2)nc1. The van der Waals surface area contributed by atoms with Crippen LogP contribution in [0, 0.1) is 0 Å². The van der Waals surface area contributed by atoms with Crippen molar-refractivity contribution in [3.63, 3.8) is 0 Å². The summed E-state index contributed by atoms with van der Waals surface area (Å²) in [6, 6.07) is 14.4. The number of carbonyl (C=O) groups is 1. The van der Waals surface area contributed by atoms with E-state index in [-0.39, 0.29) is 12.5 Å². The van der Waals surface area contributed by atoms with Crippen molar-refractivity contribution in [2.75, 3.05) is 42.9 Å². The maximum absolute atomic E-state index is 11.3. The number of carbonyl (C=O) groups excluding carboxylic acids is 1. The van der Waals surface area contributed by atoms with Crippen molar-refractivity contribution >= 4 is 17.4 Å². The zero-order valence-electron chi connectivity index (χ0n) is 13.7. The smallest absolute Gasteiger partial charge is 0.238 e. The zero-order chi connectivity index (χ0) is 16.8. The first-order valence-corrected chi connectivity index (χ1v) is 8.22. The van der Waals surface area contributed by atoms with Crippen molar-refractivity contribution in [2.45, 2.75) is 6.54 Å². The number of nitrogens with two attached hydrogens (primary N) is 1. The highest BCUT2D eigenvalue weighted by molar-refractivity contribution is 5.91. The fraction of sp³-hybridized carbons (Fsp3) is 0.333. The van der Waals surface area contributed by atoms with E-state index in [2.05, 4.69) is 44.4 Å². The van der Waals surface area contributed by atoms with E-state index >= 15 is 0 Å². The van der Waals surface area contributed by atoms with E-state index in [1.165, 1.54) is 5.56 Å². The summed E-state index contributed by atoms with van der Waals surface area (Å²) < 4.78 is 0. The molecule has 6 heteroatoms. The second-order valence-electron chi connectivity index (χ2n) is 5.91. The first kappa shape index (κ1) is 16.4. The number of aromatic nitrogens is 1. The third-order valence-electron chi connectivity index (χ3n) is 4.16. The molecule has 1 amide bonds. The van der Waals surface area contributed by atoms with Crippen LogP contribution in [0.25, 0.3) is 0 Å². The molecule has 0 radical (unpaired) electrons. The molecule has 1 saturated heterocycles. The van der Waals surface area contributed by atoms with Gasteiger partial charge in [0.05, 0.1) is 18.4 Å². The minimum atomic E-state index is -0.209. The number of amides is 1. The Morgan fingerprint density at radius 3 is 2.46 bits per heavy atom. The molecule has 3 rings (SSSR count). The van der Waals surface area contributed by atoms with Crippen LogP contribution in [-0.2, 0) is 11.3 Å². The largest absolute Gasteiger partial charge is 0.354 e. The van der Waals surface area contributed by atoms with E-state index < -0.39 is 0 Å². The van der Waals surface area contributed by atoms with Gasteiger partial charge in [0.1, 0.15) is 5.82 Å². The molecule has 0 saturated carbocycles. The Balaban J connectivity index is 1.52. The van der Waals surface area contributed by atoms with E-state index in [1.807, 2.05) is 18.2 Å². The monoisotopic (exact) mass is 325 g/mol. The molecule has 1 aromatic heterocycles. The van der Waals surface area contributed by atoms with Gasteiger partial charge in [0, 0.05) is 32.7 Å². The van der Waals surface area contributed by atoms with Crippen molar-refractivity contribution in [1.29, 1.82) is 0 Å². The lowest BCUT2D eigenvalue weighted by Crippen LogP contribution is -2.46. The number of rotatable bonds is 5. The number of nitrogens with one attached hydrogen (secondary N) is 1. The maximum Gasteiger partial charge on any atom is 0.238 e. The molecule has 1 aliphatic rings. The molecule has 2 aromatic rings. The minimum Gasteiger partial charge on any atom is -0.354 e. The van der Waals surface area contributed by atoms with Crippen LogP contribution in [-0.4, -0.2) is 48.5 Å². The lowest BCUT2D eigenvalue weighted by atomic mass is 10.2. The fourth-order valence-electron chi connectivity index (χ4n) is 2.84. The molecule has 1 fully saturated rings. The highest BCUT2D eigenvalue weighted by Gasteiger charge is 2.18. The van der Waals surface area contributed by atoms with Crippen LogP contribution in [0.4, 0.5) is 11.5 Å². The quantitative estimate of drug-likeness (QED) is 0.867. The van der Waals surface area contributed by atoms with Gasteiger partial charge in [-0.05, 0) is 17.7 Å². The van der Waals surface area contributed by atoms with Crippen molar-refractivity contribution in [3.8, 4) is 0 Å². The van der Waals surface area contributed by atoms with Crippen LogP contribution in [0.2, 0.25) is 0 Å². The number of piperazine rings is 1. The Morgan fingerprint density at radius 1 is 1.08 bits per heavy atom. The zero-order valence-corrected chi connectivity index (χ0v) is 13.7. The van der Waals surface area contributed by atoms with Gasteiger partial charge >= 0.3 is 0 Å². The first-order chi connectivity index (χ1) is 11.7. The Bertz CT molecular complexity index is 651. The van der Waals surface area contributed by atoms with Crippen molar-refractivity contribution < 1.29 is 4.79 Å². The predicted molar refractivity (Wildman–Crippen MR) is 95.9 cm³/mol. The van der Waals surface area contributed by atoms with Gasteiger partial charge in [0.25, 0.3) is 0 Å². The van der Waals surface area contributed by atoms with Gasteiger partial charge in [-0.3, -0.25) is 9.69 Å². The van der Waals surface area contributed by atoms with Crippen molar-refractivity contribution in [2.24, 2.45) is 5.73 Å². The van der Waals surface area contributed by atoms with Crippen LogP contribution in [0.3, 0.4) is 0 Å². The summed E-state index contributed by atoms with van der Waals surface area (Å²) in [5.74, 6) is 0.735. The number of nitrogens with zero attached hydrogens (tertiary/aromatic N) is 3. The Labute approximate surface area is 142 Å². The number of hydrogen-bond acceptors (Lipinski definition) is 5. The van der Waals surface area contributed by atoms with E-state index in [1.54, 1.807) is 6.20 Å². The van der Waals surface area contributed by atoms with Gasteiger partial charge in [-0.1, -0.05) is 30.3 Å². The molecule has 0 spiro atoms. The van der Waals surface area contributed by atoms with Crippen LogP contribution in [0.1, 0.15) is 5.56 Å². The molecule has 0 bridgehead atoms. The molecule has 2 heterocycles. The topological polar surface area (TPSA) is 74.5 Å². The van der Waals surface area contributed by atoms with Gasteiger partial charge in [-0.15, -0.1) is 0 Å². The third-order valence-corrected chi connectivity index (χ3v) is 4.16. The van der Waals surface area contributed by atoms with Crippen LogP contribution < -0.4 is 16.0 Å². The molecule has 6 nitrogen and oxygen atoms in total. The summed E-state index contributed by atoms with van der Waals surface area (Å²) in [6.07, 6.45) is 1.68. The van der Waals surface area contributed by atoms with E-state index in [4.69, 9.17) is 5.73 Å². The lowest BCUT2D eigenvalue weighted by molar-refractivity contribution is -0.114. The summed E-state index contributed by atoms with van der Waals surface area (Å²) in [6.45, 7) is 4.91. The average Bonchev–Trinajstić information content (AvgIpc) is 2.64. The van der Waals surface area contributed by atoms with Gasteiger partial charge in [0.15, 0.2) is 0 Å². The predicted octanol–water partition coefficient (Wildman–Crippen LogP) is 1.30. The highest BCUT2D eigenvalue weighted by atomic mass is 16.1. The van der Waals surface area contributed by atoms with Gasteiger partial charge in [0.2, 0.25) is 5.91 Å². The third kappa shape index (κ3) is 4.31. The molecule has 1 aliphatic heterocycles. The summed E-state index contributed by atoms with van der Waals surface area (Å²) in [4.78, 5) is 20.5. The molecular weight excluding hydrogens is 302 g/mol. The number of pyridine rings is 1. The Morgan fingerprint density at radius 2 is 1.83 bits per heavy atom. The van der Waals surface area contributed by atoms with Gasteiger partial charge < -0.3 is 16.0 Å². The normalized spacial score (nSPS) is 15.3. The summed E-state index contributed by atoms with van der Waals surface area (Å²) >= 11 is 0. The van der Waals surface area contributed by atoms with Crippen LogP contribution in [0.5, 0.6) is 0 Å². The number of hydrogen-bond donors (Lipinski definition) is 2. The summed E-state index contributed by atoms with van der Waals surface area (Å²) in [7, 11) is 0. The average molecular weight is 325 g/mol. The molecule has 126 valence electrons. The van der Waals surface area contributed by atoms with Crippen LogP contribution >= 0.6 is 0 Å². The maximum atomic E-state index is 11.3. The molecule has 0 atom stereocenters. The highest BCUT2D eigenvalue weighted by Crippen LogP contribution is 2.17. The van der Waals surface area contributed by atoms with Gasteiger partial charge in [-0.2, -0.15) is 0 Å². The van der Waals surface area contributed by atoms with Crippen molar-refractivity contribution in [1.82, 2.24) is 9.88 Å². The van der Waals surface area contributed by atoms with E-state index in [9.17, 15) is 4.79 Å².